The third-order valence-electron chi connectivity index (χ3n) is 1.95. The van der Waals surface area contributed by atoms with Crippen LogP contribution in [0.2, 0.25) is 0 Å². The van der Waals surface area contributed by atoms with E-state index in [0.717, 1.165) is 25.5 Å². The van der Waals surface area contributed by atoms with Crippen molar-refractivity contribution in [1.29, 1.82) is 0 Å². The topological polar surface area (TPSA) is 62.7 Å². The Labute approximate surface area is 78.5 Å². The fraction of sp³-hybridized carbons (Fsp3) is 0.778. The zero-order valence-electron chi connectivity index (χ0n) is 8.19. The van der Waals surface area contributed by atoms with Gasteiger partial charge in [0, 0.05) is 0 Å². The Balaban J connectivity index is 3.35. The fourth-order valence-electron chi connectivity index (χ4n) is 0.893. The van der Waals surface area contributed by atoms with Crippen molar-refractivity contribution in [3.63, 3.8) is 0 Å². The summed E-state index contributed by atoms with van der Waals surface area (Å²) >= 11 is 0. The molecule has 0 amide bonds. The molecular weight excluding hydrogens is 168 g/mol. The van der Waals surface area contributed by atoms with Gasteiger partial charge in [-0.15, -0.1) is 0 Å². The van der Waals surface area contributed by atoms with E-state index in [4.69, 9.17) is 10.3 Å². The molecule has 0 unspecified atom stereocenters. The van der Waals surface area contributed by atoms with Crippen LogP contribution >= 0.6 is 0 Å². The fourth-order valence-corrected chi connectivity index (χ4v) is 0.893. The van der Waals surface area contributed by atoms with Crippen LogP contribution in [0.15, 0.2) is 0 Å². The van der Waals surface area contributed by atoms with Gasteiger partial charge in [0.2, 0.25) is 0 Å². The molecule has 0 aliphatic carbocycles. The molecule has 0 radical (unpaired) electrons. The summed E-state index contributed by atoms with van der Waals surface area (Å²) in [6.07, 6.45) is 3.81. The highest BCUT2D eigenvalue weighted by atomic mass is 16.5. The van der Waals surface area contributed by atoms with Crippen LogP contribution in [0, 0.1) is 5.92 Å². The van der Waals surface area contributed by atoms with Crippen molar-refractivity contribution < 1.29 is 14.3 Å². The molecule has 13 heavy (non-hydrogen) atoms. The van der Waals surface area contributed by atoms with Gasteiger partial charge in [-0.05, 0) is 18.8 Å². The summed E-state index contributed by atoms with van der Waals surface area (Å²) in [5.74, 6) is 0.0804. The zero-order valence-corrected chi connectivity index (χ0v) is 8.19. The van der Waals surface area contributed by atoms with Gasteiger partial charge in [0.25, 0.3) is 0 Å². The lowest BCUT2D eigenvalue weighted by molar-refractivity contribution is -0.139. The van der Waals surface area contributed by atoms with Crippen LogP contribution in [-0.4, -0.2) is 23.6 Å². The number of ether oxygens (including phenoxy) is 1. The summed E-state index contributed by atoms with van der Waals surface area (Å²) in [5.41, 5.74) is 7.99. The monoisotopic (exact) mass is 184 g/mol. The Morgan fingerprint density at radius 1 is 1.69 bits per heavy atom. The Morgan fingerprint density at radius 2 is 2.38 bits per heavy atom. The van der Waals surface area contributed by atoms with Crippen molar-refractivity contribution in [2.45, 2.75) is 33.1 Å². The highest BCUT2D eigenvalue weighted by Gasteiger charge is 2.03. The molecule has 0 bridgehead atoms. The van der Waals surface area contributed by atoms with Crippen molar-refractivity contribution in [3.05, 3.63) is 5.53 Å². The number of carbonyl (C=O) groups is 1. The van der Waals surface area contributed by atoms with Crippen molar-refractivity contribution >= 4 is 12.2 Å². The quantitative estimate of drug-likeness (QED) is 0.207. The highest BCUT2D eigenvalue weighted by Crippen LogP contribution is 2.08. The van der Waals surface area contributed by atoms with Gasteiger partial charge >= 0.3 is 12.2 Å². The van der Waals surface area contributed by atoms with E-state index < -0.39 is 5.97 Å². The van der Waals surface area contributed by atoms with Gasteiger partial charge in [-0.3, -0.25) is 0 Å². The SMILES string of the molecule is CC[C@H](C)CCCOC(=O)C=[N+]=[N-]. The number of hydrogen-bond acceptors (Lipinski definition) is 2. The largest absolute Gasteiger partial charge is 0.457 e. The number of hydrogen-bond donors (Lipinski definition) is 0. The van der Waals surface area contributed by atoms with Crippen LogP contribution < -0.4 is 0 Å². The molecule has 4 nitrogen and oxygen atoms in total. The Morgan fingerprint density at radius 3 is 2.92 bits per heavy atom. The number of esters is 1. The molecule has 0 aromatic carbocycles. The lowest BCUT2D eigenvalue weighted by Gasteiger charge is -2.06. The van der Waals surface area contributed by atoms with Crippen molar-refractivity contribution in [2.24, 2.45) is 5.92 Å². The first-order valence-corrected chi connectivity index (χ1v) is 4.54. The van der Waals surface area contributed by atoms with Crippen LogP contribution in [-0.2, 0) is 9.53 Å². The molecule has 0 fully saturated rings. The minimum Gasteiger partial charge on any atom is -0.457 e. The first-order chi connectivity index (χ1) is 6.20. The maximum Gasteiger partial charge on any atom is 0.413 e. The van der Waals surface area contributed by atoms with Crippen molar-refractivity contribution in [3.8, 4) is 0 Å². The maximum absolute atomic E-state index is 10.6. The van der Waals surface area contributed by atoms with E-state index in [0.29, 0.717) is 12.5 Å². The second-order valence-corrected chi connectivity index (χ2v) is 3.07. The molecule has 0 aliphatic rings. The standard InChI is InChI=1S/C9H16N2O2/c1-3-8(2)5-4-6-13-9(12)7-11-10/h7-8H,3-6H2,1-2H3/t8-/m0/s1. The molecule has 0 saturated carbocycles. The minimum atomic E-state index is -0.591. The van der Waals surface area contributed by atoms with Gasteiger partial charge in [-0.25, -0.2) is 4.79 Å². The van der Waals surface area contributed by atoms with Crippen LogP contribution in [0.25, 0.3) is 5.53 Å². The molecule has 4 heteroatoms. The van der Waals surface area contributed by atoms with Crippen LogP contribution in [0.1, 0.15) is 33.1 Å². The summed E-state index contributed by atoms with van der Waals surface area (Å²) in [4.78, 5) is 13.2. The van der Waals surface area contributed by atoms with Crippen LogP contribution in [0.4, 0.5) is 0 Å². The molecule has 74 valence electrons. The van der Waals surface area contributed by atoms with Gasteiger partial charge in [0.05, 0.1) is 6.61 Å². The smallest absolute Gasteiger partial charge is 0.413 e. The Kier molecular flexibility index (Phi) is 6.83. The number of rotatable bonds is 6. The van der Waals surface area contributed by atoms with Crippen LogP contribution in [0.5, 0.6) is 0 Å². The maximum atomic E-state index is 10.6. The second-order valence-electron chi connectivity index (χ2n) is 3.07. The molecule has 0 rings (SSSR count). The van der Waals surface area contributed by atoms with E-state index >= 15 is 0 Å². The number of carbonyl (C=O) groups excluding carboxylic acids is 1. The molecule has 0 N–H and O–H groups in total. The molecule has 0 aromatic heterocycles. The molecule has 0 saturated heterocycles. The molecular formula is C9H16N2O2. The molecule has 0 spiro atoms. The Bertz CT molecular complexity index is 198. The second kappa shape index (κ2) is 7.50. The number of nitrogens with zero attached hydrogens (tertiary/aromatic N) is 2. The lowest BCUT2D eigenvalue weighted by Crippen LogP contribution is -2.08. The first kappa shape index (κ1) is 11.8. The highest BCUT2D eigenvalue weighted by molar-refractivity contribution is 6.20. The van der Waals surface area contributed by atoms with E-state index in [-0.39, 0.29) is 0 Å². The van der Waals surface area contributed by atoms with Crippen LogP contribution in [0.3, 0.4) is 0 Å². The van der Waals surface area contributed by atoms with Gasteiger partial charge in [-0.2, -0.15) is 4.79 Å². The first-order valence-electron chi connectivity index (χ1n) is 4.54. The van der Waals surface area contributed by atoms with E-state index in [2.05, 4.69) is 18.6 Å². The van der Waals surface area contributed by atoms with E-state index in [1.165, 1.54) is 0 Å². The van der Waals surface area contributed by atoms with E-state index in [9.17, 15) is 4.79 Å². The van der Waals surface area contributed by atoms with Crippen molar-refractivity contribution in [2.75, 3.05) is 6.61 Å². The summed E-state index contributed by atoms with van der Waals surface area (Å²) in [6, 6.07) is 0. The molecule has 0 aliphatic heterocycles. The van der Waals surface area contributed by atoms with Crippen molar-refractivity contribution in [1.82, 2.24) is 0 Å². The average Bonchev–Trinajstić information content (AvgIpc) is 2.12. The molecule has 0 aromatic rings. The normalized spacial score (nSPS) is 11.5. The summed E-state index contributed by atoms with van der Waals surface area (Å²) in [7, 11) is 0. The lowest BCUT2D eigenvalue weighted by atomic mass is 10.0. The third-order valence-corrected chi connectivity index (χ3v) is 1.95. The summed E-state index contributed by atoms with van der Waals surface area (Å²) < 4.78 is 4.73. The molecule has 1 atom stereocenters. The van der Waals surface area contributed by atoms with E-state index in [1.54, 1.807) is 0 Å². The zero-order chi connectivity index (χ0) is 10.1. The average molecular weight is 184 g/mol. The van der Waals surface area contributed by atoms with Gasteiger partial charge in [0.1, 0.15) is 0 Å². The molecule has 0 heterocycles. The Hall–Kier alpha value is -1.15. The minimum absolute atomic E-state index is 0.398. The van der Waals surface area contributed by atoms with Gasteiger partial charge in [0.15, 0.2) is 0 Å². The van der Waals surface area contributed by atoms with Gasteiger partial charge < -0.3 is 10.3 Å². The predicted octanol–water partition coefficient (Wildman–Crippen LogP) is 1.66. The summed E-state index contributed by atoms with van der Waals surface area (Å²) in [6.45, 7) is 4.70. The van der Waals surface area contributed by atoms with E-state index in [1.807, 2.05) is 0 Å². The van der Waals surface area contributed by atoms with Gasteiger partial charge in [-0.1, -0.05) is 20.3 Å². The predicted molar refractivity (Wildman–Crippen MR) is 49.3 cm³/mol. The third kappa shape index (κ3) is 7.22. The summed E-state index contributed by atoms with van der Waals surface area (Å²) in [5, 5.41) is 0.